The first kappa shape index (κ1) is 14.8. The van der Waals surface area contributed by atoms with Gasteiger partial charge in [-0.15, -0.1) is 0 Å². The predicted molar refractivity (Wildman–Crippen MR) is 79.6 cm³/mol. The minimum Gasteiger partial charge on any atom is -0.365 e. The van der Waals surface area contributed by atoms with Gasteiger partial charge in [-0.3, -0.25) is 4.79 Å². The fraction of sp³-hybridized carbons (Fsp3) is 0.667. The number of nitrogens with one attached hydrogen (secondary N) is 1. The Morgan fingerprint density at radius 1 is 1.40 bits per heavy atom. The highest BCUT2D eigenvalue weighted by Crippen LogP contribution is 2.25. The Bertz CT molecular complexity index is 467. The number of aryl methyl sites for hydroxylation is 1. The molecule has 0 spiro atoms. The summed E-state index contributed by atoms with van der Waals surface area (Å²) in [7, 11) is 0. The summed E-state index contributed by atoms with van der Waals surface area (Å²) in [6.45, 7) is 4.36. The third-order valence-electron chi connectivity index (χ3n) is 3.97. The minimum atomic E-state index is -0.452. The molecule has 0 saturated heterocycles. The van der Waals surface area contributed by atoms with Crippen LogP contribution in [0.1, 0.15) is 62.0 Å². The lowest BCUT2D eigenvalue weighted by molar-refractivity contribution is 0.0998. The van der Waals surface area contributed by atoms with Gasteiger partial charge in [0.2, 0.25) is 5.95 Å². The maximum atomic E-state index is 11.4. The van der Waals surface area contributed by atoms with Gasteiger partial charge >= 0.3 is 0 Å². The number of carbonyl (C=O) groups is 1. The molecule has 1 aliphatic carbocycles. The summed E-state index contributed by atoms with van der Waals surface area (Å²) < 4.78 is 0. The lowest BCUT2D eigenvalue weighted by atomic mass is 9.87. The second-order valence-electron chi connectivity index (χ2n) is 5.77. The summed E-state index contributed by atoms with van der Waals surface area (Å²) >= 11 is 0. The average molecular weight is 276 g/mol. The van der Waals surface area contributed by atoms with Gasteiger partial charge < -0.3 is 11.1 Å². The Balaban J connectivity index is 2.08. The van der Waals surface area contributed by atoms with E-state index in [-0.39, 0.29) is 0 Å². The van der Waals surface area contributed by atoms with E-state index in [2.05, 4.69) is 29.1 Å². The van der Waals surface area contributed by atoms with Gasteiger partial charge in [0.25, 0.3) is 5.91 Å². The first-order valence-electron chi connectivity index (χ1n) is 7.52. The molecule has 1 aromatic rings. The van der Waals surface area contributed by atoms with Crippen LogP contribution in [0.25, 0.3) is 0 Å². The third-order valence-corrected chi connectivity index (χ3v) is 3.97. The van der Waals surface area contributed by atoms with Crippen LogP contribution < -0.4 is 11.1 Å². The average Bonchev–Trinajstić information content (AvgIpc) is 2.42. The van der Waals surface area contributed by atoms with Gasteiger partial charge in [0.15, 0.2) is 0 Å². The van der Waals surface area contributed by atoms with Gasteiger partial charge in [0.1, 0.15) is 0 Å². The van der Waals surface area contributed by atoms with E-state index in [1.54, 1.807) is 6.20 Å². The monoisotopic (exact) mass is 276 g/mol. The van der Waals surface area contributed by atoms with Crippen molar-refractivity contribution >= 4 is 11.9 Å². The maximum Gasteiger partial charge on any atom is 0.252 e. The summed E-state index contributed by atoms with van der Waals surface area (Å²) in [5.74, 6) is 0.992. The van der Waals surface area contributed by atoms with Crippen LogP contribution in [0.5, 0.6) is 0 Å². The molecule has 1 amide bonds. The van der Waals surface area contributed by atoms with E-state index in [0.29, 0.717) is 17.6 Å². The normalized spacial score (nSPS) is 22.5. The van der Waals surface area contributed by atoms with Crippen LogP contribution in [0.3, 0.4) is 0 Å². The molecule has 110 valence electrons. The molecule has 0 unspecified atom stereocenters. The van der Waals surface area contributed by atoms with Gasteiger partial charge in [0, 0.05) is 12.2 Å². The van der Waals surface area contributed by atoms with Gasteiger partial charge in [0.05, 0.1) is 11.3 Å². The van der Waals surface area contributed by atoms with Crippen molar-refractivity contribution in [3.05, 3.63) is 17.5 Å². The van der Waals surface area contributed by atoms with Crippen LogP contribution in [0.2, 0.25) is 0 Å². The van der Waals surface area contributed by atoms with E-state index in [1.165, 1.54) is 12.8 Å². The molecule has 2 rings (SSSR count). The number of aromatic nitrogens is 2. The lowest BCUT2D eigenvalue weighted by Crippen LogP contribution is -2.26. The van der Waals surface area contributed by atoms with Crippen molar-refractivity contribution in [2.45, 2.75) is 58.4 Å². The summed E-state index contributed by atoms with van der Waals surface area (Å²) in [5, 5.41) is 3.39. The zero-order valence-electron chi connectivity index (χ0n) is 12.4. The molecule has 0 bridgehead atoms. The zero-order chi connectivity index (χ0) is 14.5. The molecule has 0 aromatic carbocycles. The number of hydrogen-bond acceptors (Lipinski definition) is 4. The van der Waals surface area contributed by atoms with E-state index in [9.17, 15) is 4.79 Å². The fourth-order valence-electron chi connectivity index (χ4n) is 2.71. The van der Waals surface area contributed by atoms with Gasteiger partial charge in [-0.1, -0.05) is 20.3 Å². The Labute approximate surface area is 120 Å². The van der Waals surface area contributed by atoms with E-state index in [4.69, 9.17) is 5.73 Å². The summed E-state index contributed by atoms with van der Waals surface area (Å²) in [6.07, 6.45) is 8.04. The van der Waals surface area contributed by atoms with E-state index < -0.39 is 5.91 Å². The summed E-state index contributed by atoms with van der Waals surface area (Å²) in [5.41, 5.74) is 6.55. The summed E-state index contributed by atoms with van der Waals surface area (Å²) in [6, 6.07) is 0.445. The highest BCUT2D eigenvalue weighted by molar-refractivity contribution is 5.93. The van der Waals surface area contributed by atoms with Crippen molar-refractivity contribution in [1.82, 2.24) is 9.97 Å². The molecule has 1 saturated carbocycles. The number of hydrogen-bond donors (Lipinski definition) is 2. The number of rotatable bonds is 5. The first-order valence-corrected chi connectivity index (χ1v) is 7.52. The first-order chi connectivity index (χ1) is 9.60. The SMILES string of the molecule is CCCc1nc(NC2CCC(C)CC2)ncc1C(N)=O. The zero-order valence-corrected chi connectivity index (χ0v) is 12.4. The smallest absolute Gasteiger partial charge is 0.252 e. The topological polar surface area (TPSA) is 80.9 Å². The molecule has 3 N–H and O–H groups in total. The molecule has 1 heterocycles. The maximum absolute atomic E-state index is 11.4. The van der Waals surface area contributed by atoms with Crippen LogP contribution >= 0.6 is 0 Å². The van der Waals surface area contributed by atoms with Gasteiger partial charge in [-0.05, 0) is 38.0 Å². The van der Waals surface area contributed by atoms with Gasteiger partial charge in [-0.2, -0.15) is 0 Å². The van der Waals surface area contributed by atoms with Crippen LogP contribution in [0, 0.1) is 5.92 Å². The number of nitrogens with two attached hydrogens (primary N) is 1. The molecule has 5 nitrogen and oxygen atoms in total. The Morgan fingerprint density at radius 3 is 2.70 bits per heavy atom. The van der Waals surface area contributed by atoms with Crippen molar-refractivity contribution < 1.29 is 4.79 Å². The summed E-state index contributed by atoms with van der Waals surface area (Å²) in [4.78, 5) is 20.1. The number of amides is 1. The quantitative estimate of drug-likeness (QED) is 0.866. The molecule has 0 aliphatic heterocycles. The van der Waals surface area contributed by atoms with Crippen LogP contribution in [0.4, 0.5) is 5.95 Å². The third kappa shape index (κ3) is 3.68. The molecule has 0 radical (unpaired) electrons. The molecular formula is C15H24N4O. The molecule has 1 aromatic heterocycles. The van der Waals surface area contributed by atoms with E-state index in [0.717, 1.165) is 37.3 Å². The van der Waals surface area contributed by atoms with Crippen molar-refractivity contribution in [3.63, 3.8) is 0 Å². The lowest BCUT2D eigenvalue weighted by Gasteiger charge is -2.27. The van der Waals surface area contributed by atoms with Crippen LogP contribution in [0.15, 0.2) is 6.20 Å². The minimum absolute atomic E-state index is 0.440. The van der Waals surface area contributed by atoms with Crippen molar-refractivity contribution in [2.75, 3.05) is 5.32 Å². The largest absolute Gasteiger partial charge is 0.365 e. The van der Waals surface area contributed by atoms with Crippen molar-refractivity contribution in [2.24, 2.45) is 11.7 Å². The fourth-order valence-corrected chi connectivity index (χ4v) is 2.71. The van der Waals surface area contributed by atoms with Crippen LogP contribution in [-0.2, 0) is 6.42 Å². The standard InChI is InChI=1S/C15H24N4O/c1-3-4-13-12(14(16)20)9-17-15(19-13)18-11-7-5-10(2)6-8-11/h9-11H,3-8H2,1-2H3,(H2,16,20)(H,17,18,19). The highest BCUT2D eigenvalue weighted by Gasteiger charge is 2.19. The van der Waals surface area contributed by atoms with Crippen molar-refractivity contribution in [3.8, 4) is 0 Å². The predicted octanol–water partition coefficient (Wildman–Crippen LogP) is 2.52. The van der Waals surface area contributed by atoms with Crippen molar-refractivity contribution in [1.29, 1.82) is 0 Å². The number of carbonyl (C=O) groups excluding carboxylic acids is 1. The molecule has 0 atom stereocenters. The molecule has 5 heteroatoms. The molecule has 1 aliphatic rings. The number of anilines is 1. The Hall–Kier alpha value is -1.65. The number of nitrogens with zero attached hydrogens (tertiary/aromatic N) is 2. The molecule has 1 fully saturated rings. The Morgan fingerprint density at radius 2 is 2.10 bits per heavy atom. The van der Waals surface area contributed by atoms with Crippen LogP contribution in [-0.4, -0.2) is 21.9 Å². The van der Waals surface area contributed by atoms with E-state index >= 15 is 0 Å². The Kier molecular flexibility index (Phi) is 4.93. The number of primary amides is 1. The second-order valence-corrected chi connectivity index (χ2v) is 5.77. The molecular weight excluding hydrogens is 252 g/mol. The van der Waals surface area contributed by atoms with E-state index in [1.807, 2.05) is 0 Å². The molecule has 20 heavy (non-hydrogen) atoms. The van der Waals surface area contributed by atoms with Gasteiger partial charge in [-0.25, -0.2) is 9.97 Å². The second kappa shape index (κ2) is 6.68. The highest BCUT2D eigenvalue weighted by atomic mass is 16.1.